The van der Waals surface area contributed by atoms with Crippen LogP contribution < -0.4 is 5.32 Å². The molecule has 1 aromatic heterocycles. The first kappa shape index (κ1) is 18.2. The predicted molar refractivity (Wildman–Crippen MR) is 104 cm³/mol. The van der Waals surface area contributed by atoms with E-state index in [0.717, 1.165) is 5.56 Å². The Kier molecular flexibility index (Phi) is 5.71. The first-order valence-electron chi connectivity index (χ1n) is 7.86. The Morgan fingerprint density at radius 2 is 1.77 bits per heavy atom. The summed E-state index contributed by atoms with van der Waals surface area (Å²) < 4.78 is 0. The largest absolute Gasteiger partial charge is 0.337 e. The van der Waals surface area contributed by atoms with Gasteiger partial charge in [0.1, 0.15) is 0 Å². The number of carbonyl (C=O) groups excluding carboxylic acids is 1. The first-order valence-corrected chi connectivity index (χ1v) is 8.62. The second kappa shape index (κ2) is 8.17. The van der Waals surface area contributed by atoms with Crippen LogP contribution in [0.2, 0.25) is 10.0 Å². The number of aromatic nitrogens is 2. The van der Waals surface area contributed by atoms with E-state index in [1.165, 1.54) is 12.4 Å². The average molecular weight is 387 g/mol. The van der Waals surface area contributed by atoms with Crippen molar-refractivity contribution in [1.82, 2.24) is 14.9 Å². The average Bonchev–Trinajstić information content (AvgIpc) is 2.65. The van der Waals surface area contributed by atoms with Crippen LogP contribution in [0, 0.1) is 0 Å². The molecule has 3 aromatic rings. The Hall–Kier alpha value is -2.63. The molecule has 0 aliphatic carbocycles. The van der Waals surface area contributed by atoms with Gasteiger partial charge in [-0.1, -0.05) is 53.5 Å². The van der Waals surface area contributed by atoms with E-state index in [4.69, 9.17) is 23.2 Å². The van der Waals surface area contributed by atoms with Crippen molar-refractivity contribution in [1.29, 1.82) is 0 Å². The molecule has 5 nitrogen and oxygen atoms in total. The third kappa shape index (κ3) is 4.50. The lowest BCUT2D eigenvalue weighted by Crippen LogP contribution is -2.26. The molecule has 0 bridgehead atoms. The van der Waals surface area contributed by atoms with Crippen LogP contribution in [0.4, 0.5) is 11.6 Å². The number of amides is 1. The summed E-state index contributed by atoms with van der Waals surface area (Å²) in [6, 6.07) is 14.9. The minimum atomic E-state index is -0.148. The van der Waals surface area contributed by atoms with E-state index in [9.17, 15) is 4.79 Å². The maximum atomic E-state index is 12.5. The lowest BCUT2D eigenvalue weighted by molar-refractivity contribution is 0.0784. The highest BCUT2D eigenvalue weighted by Crippen LogP contribution is 2.27. The molecule has 26 heavy (non-hydrogen) atoms. The molecule has 0 aliphatic heterocycles. The molecule has 132 valence electrons. The molecule has 0 spiro atoms. The van der Waals surface area contributed by atoms with Gasteiger partial charge in [0, 0.05) is 31.0 Å². The molecule has 3 rings (SSSR count). The van der Waals surface area contributed by atoms with Crippen molar-refractivity contribution < 1.29 is 4.79 Å². The van der Waals surface area contributed by atoms with Gasteiger partial charge in [-0.2, -0.15) is 0 Å². The van der Waals surface area contributed by atoms with Crippen LogP contribution >= 0.6 is 23.2 Å². The zero-order valence-corrected chi connectivity index (χ0v) is 15.5. The lowest BCUT2D eigenvalue weighted by atomic mass is 10.2. The monoisotopic (exact) mass is 386 g/mol. The van der Waals surface area contributed by atoms with Gasteiger partial charge < -0.3 is 10.2 Å². The Labute approximate surface area is 161 Å². The summed E-state index contributed by atoms with van der Waals surface area (Å²) in [5, 5.41) is 4.00. The smallest absolute Gasteiger partial charge is 0.257 e. The molecule has 0 radical (unpaired) electrons. The summed E-state index contributed by atoms with van der Waals surface area (Å²) in [7, 11) is 1.75. The molecule has 1 N–H and O–H groups in total. The number of hydrogen-bond donors (Lipinski definition) is 1. The highest BCUT2D eigenvalue weighted by molar-refractivity contribution is 6.36. The van der Waals surface area contributed by atoms with E-state index < -0.39 is 0 Å². The molecule has 0 saturated carbocycles. The Balaban J connectivity index is 1.67. The number of nitrogens with zero attached hydrogens (tertiary/aromatic N) is 3. The van der Waals surface area contributed by atoms with Gasteiger partial charge in [-0.05, 0) is 23.8 Å². The number of anilines is 2. The molecular weight excluding hydrogens is 371 g/mol. The van der Waals surface area contributed by atoms with Crippen LogP contribution in [0.3, 0.4) is 0 Å². The van der Waals surface area contributed by atoms with Crippen molar-refractivity contribution >= 4 is 40.7 Å². The zero-order valence-electron chi connectivity index (χ0n) is 14.0. The van der Waals surface area contributed by atoms with E-state index in [-0.39, 0.29) is 5.91 Å². The molecule has 2 aromatic carbocycles. The molecule has 1 heterocycles. The summed E-state index contributed by atoms with van der Waals surface area (Å²) in [6.07, 6.45) is 2.98. The summed E-state index contributed by atoms with van der Waals surface area (Å²) in [5.41, 5.74) is 2.10. The fourth-order valence-electron chi connectivity index (χ4n) is 2.36. The number of halogens is 2. The predicted octanol–water partition coefficient (Wildman–Crippen LogP) is 4.80. The van der Waals surface area contributed by atoms with Gasteiger partial charge in [-0.25, -0.2) is 9.97 Å². The van der Waals surface area contributed by atoms with Gasteiger partial charge in [0.2, 0.25) is 5.95 Å². The molecular formula is C19H16Cl2N4O. The summed E-state index contributed by atoms with van der Waals surface area (Å²) in [4.78, 5) is 22.5. The summed E-state index contributed by atoms with van der Waals surface area (Å²) >= 11 is 12.0. The van der Waals surface area contributed by atoms with Crippen LogP contribution in [-0.4, -0.2) is 27.8 Å². The lowest BCUT2D eigenvalue weighted by Gasteiger charge is -2.17. The molecule has 0 atom stereocenters. The molecule has 0 unspecified atom stereocenters. The van der Waals surface area contributed by atoms with Gasteiger partial charge in [0.15, 0.2) is 0 Å². The Bertz CT molecular complexity index is 901. The SMILES string of the molecule is CN(Cc1ccccc1)C(=O)c1cnc(Nc2ccc(Cl)cc2Cl)nc1. The molecule has 7 heteroatoms. The first-order chi connectivity index (χ1) is 12.5. The molecule has 0 aliphatic rings. The topological polar surface area (TPSA) is 58.1 Å². The van der Waals surface area contributed by atoms with Crippen LogP contribution in [0.15, 0.2) is 60.9 Å². The third-order valence-corrected chi connectivity index (χ3v) is 4.23. The van der Waals surface area contributed by atoms with Gasteiger partial charge in [0.25, 0.3) is 5.91 Å². The van der Waals surface area contributed by atoms with E-state index in [1.807, 2.05) is 30.3 Å². The van der Waals surface area contributed by atoms with Crippen molar-refractivity contribution in [3.05, 3.63) is 82.1 Å². The summed E-state index contributed by atoms with van der Waals surface area (Å²) in [5.74, 6) is 0.196. The number of carbonyl (C=O) groups is 1. The number of benzene rings is 2. The second-order valence-corrected chi connectivity index (χ2v) is 6.53. The van der Waals surface area contributed by atoms with Crippen LogP contribution in [0.25, 0.3) is 0 Å². The highest BCUT2D eigenvalue weighted by Gasteiger charge is 2.13. The quantitative estimate of drug-likeness (QED) is 0.683. The fourth-order valence-corrected chi connectivity index (χ4v) is 2.82. The van der Waals surface area contributed by atoms with Crippen LogP contribution in [0.5, 0.6) is 0 Å². The van der Waals surface area contributed by atoms with Crippen LogP contribution in [0.1, 0.15) is 15.9 Å². The van der Waals surface area contributed by atoms with Crippen molar-refractivity contribution in [2.24, 2.45) is 0 Å². The van der Waals surface area contributed by atoms with Gasteiger partial charge in [-0.3, -0.25) is 4.79 Å². The normalized spacial score (nSPS) is 10.4. The Morgan fingerprint density at radius 1 is 1.08 bits per heavy atom. The summed E-state index contributed by atoms with van der Waals surface area (Å²) in [6.45, 7) is 0.514. The maximum absolute atomic E-state index is 12.5. The number of hydrogen-bond acceptors (Lipinski definition) is 4. The van der Waals surface area contributed by atoms with Gasteiger partial charge in [-0.15, -0.1) is 0 Å². The molecule has 0 fully saturated rings. The Morgan fingerprint density at radius 3 is 2.42 bits per heavy atom. The second-order valence-electron chi connectivity index (χ2n) is 5.69. The van der Waals surface area contributed by atoms with E-state index in [1.54, 1.807) is 30.1 Å². The van der Waals surface area contributed by atoms with Crippen molar-refractivity contribution in [3.63, 3.8) is 0 Å². The highest BCUT2D eigenvalue weighted by atomic mass is 35.5. The third-order valence-electron chi connectivity index (χ3n) is 3.69. The van der Waals surface area contributed by atoms with Crippen molar-refractivity contribution in [2.75, 3.05) is 12.4 Å². The minimum absolute atomic E-state index is 0.148. The number of rotatable bonds is 5. The van der Waals surface area contributed by atoms with Gasteiger partial charge in [0.05, 0.1) is 16.3 Å². The fraction of sp³-hybridized carbons (Fsp3) is 0.105. The van der Waals surface area contributed by atoms with E-state index in [2.05, 4.69) is 15.3 Å². The van der Waals surface area contributed by atoms with Gasteiger partial charge >= 0.3 is 0 Å². The van der Waals surface area contributed by atoms with E-state index in [0.29, 0.717) is 33.8 Å². The minimum Gasteiger partial charge on any atom is -0.337 e. The molecule has 1 amide bonds. The van der Waals surface area contributed by atoms with Crippen molar-refractivity contribution in [2.45, 2.75) is 6.54 Å². The van der Waals surface area contributed by atoms with Crippen molar-refractivity contribution in [3.8, 4) is 0 Å². The number of nitrogens with one attached hydrogen (secondary N) is 1. The molecule has 0 saturated heterocycles. The van der Waals surface area contributed by atoms with E-state index >= 15 is 0 Å². The van der Waals surface area contributed by atoms with Crippen LogP contribution in [-0.2, 0) is 6.54 Å². The standard InChI is InChI=1S/C19H16Cl2N4O/c1-25(12-13-5-3-2-4-6-13)18(26)14-10-22-19(23-11-14)24-17-8-7-15(20)9-16(17)21/h2-11H,12H2,1H3,(H,22,23,24). The zero-order chi connectivity index (χ0) is 18.5. The maximum Gasteiger partial charge on any atom is 0.257 e.